The zero-order valence-corrected chi connectivity index (χ0v) is 16.0. The summed E-state index contributed by atoms with van der Waals surface area (Å²) in [4.78, 5) is 26.4. The predicted octanol–water partition coefficient (Wildman–Crippen LogP) is 3.52. The molecule has 1 heterocycles. The smallest absolute Gasteiger partial charge is 0.255 e. The van der Waals surface area contributed by atoms with Crippen LogP contribution in [-0.4, -0.2) is 49.6 Å². The van der Waals surface area contributed by atoms with Crippen molar-refractivity contribution in [1.29, 1.82) is 0 Å². The lowest BCUT2D eigenvalue weighted by atomic mass is 10.2. The van der Waals surface area contributed by atoms with Crippen LogP contribution in [0.1, 0.15) is 10.4 Å². The van der Waals surface area contributed by atoms with E-state index in [1.807, 2.05) is 4.90 Å². The number of carbonyl (C=O) groups is 2. The van der Waals surface area contributed by atoms with E-state index in [-0.39, 0.29) is 11.8 Å². The molecular formula is C19H19Cl2N3O3. The molecule has 2 N–H and O–H groups in total. The highest BCUT2D eigenvalue weighted by molar-refractivity contribution is 6.35. The SMILES string of the molecule is O=C(CN1CCOCC1)Nc1ccc(NC(=O)c2cc(Cl)cc(Cl)c2)cc1. The van der Waals surface area contributed by atoms with E-state index in [0.29, 0.717) is 46.7 Å². The normalized spacial score (nSPS) is 14.6. The Balaban J connectivity index is 1.55. The Bertz CT molecular complexity index is 801. The van der Waals surface area contributed by atoms with Gasteiger partial charge in [-0.25, -0.2) is 0 Å². The van der Waals surface area contributed by atoms with Gasteiger partial charge >= 0.3 is 0 Å². The molecule has 6 nitrogen and oxygen atoms in total. The minimum atomic E-state index is -0.316. The molecule has 0 aromatic heterocycles. The van der Waals surface area contributed by atoms with Gasteiger partial charge in [0.15, 0.2) is 0 Å². The first-order valence-electron chi connectivity index (χ1n) is 8.47. The zero-order valence-electron chi connectivity index (χ0n) is 14.5. The summed E-state index contributed by atoms with van der Waals surface area (Å²) in [5, 5.41) is 6.40. The quantitative estimate of drug-likeness (QED) is 0.795. The molecule has 8 heteroatoms. The van der Waals surface area contributed by atoms with Gasteiger partial charge in [-0.15, -0.1) is 0 Å². The minimum absolute atomic E-state index is 0.0812. The summed E-state index contributed by atoms with van der Waals surface area (Å²) in [6.45, 7) is 3.15. The number of benzene rings is 2. The second-order valence-corrected chi connectivity index (χ2v) is 7.00. The van der Waals surface area contributed by atoms with E-state index in [1.54, 1.807) is 42.5 Å². The molecule has 1 aliphatic heterocycles. The molecule has 0 bridgehead atoms. The van der Waals surface area contributed by atoms with Crippen LogP contribution in [0.2, 0.25) is 10.0 Å². The van der Waals surface area contributed by atoms with Crippen LogP contribution >= 0.6 is 23.2 Å². The van der Waals surface area contributed by atoms with Crippen LogP contribution < -0.4 is 10.6 Å². The van der Waals surface area contributed by atoms with E-state index in [0.717, 1.165) is 13.1 Å². The fourth-order valence-corrected chi connectivity index (χ4v) is 3.21. The maximum atomic E-state index is 12.3. The molecule has 0 atom stereocenters. The first-order chi connectivity index (χ1) is 13.0. The summed E-state index contributed by atoms with van der Waals surface area (Å²) in [6, 6.07) is 11.6. The highest BCUT2D eigenvalue weighted by Gasteiger charge is 2.14. The van der Waals surface area contributed by atoms with E-state index in [4.69, 9.17) is 27.9 Å². The first kappa shape index (κ1) is 19.6. The van der Waals surface area contributed by atoms with Gasteiger partial charge in [-0.3, -0.25) is 14.5 Å². The summed E-state index contributed by atoms with van der Waals surface area (Å²) < 4.78 is 5.27. The van der Waals surface area contributed by atoms with E-state index in [1.165, 1.54) is 0 Å². The van der Waals surface area contributed by atoms with Crippen molar-refractivity contribution in [2.45, 2.75) is 0 Å². The molecule has 27 heavy (non-hydrogen) atoms. The molecular weight excluding hydrogens is 389 g/mol. The second kappa shape index (κ2) is 9.19. The van der Waals surface area contributed by atoms with Crippen molar-refractivity contribution < 1.29 is 14.3 Å². The fraction of sp³-hybridized carbons (Fsp3) is 0.263. The van der Waals surface area contributed by atoms with Gasteiger partial charge in [-0.1, -0.05) is 23.2 Å². The second-order valence-electron chi connectivity index (χ2n) is 6.13. The number of nitrogens with zero attached hydrogens (tertiary/aromatic N) is 1. The Morgan fingerprint density at radius 2 is 1.48 bits per heavy atom. The van der Waals surface area contributed by atoms with Crippen LogP contribution in [0.25, 0.3) is 0 Å². The number of carbonyl (C=O) groups excluding carboxylic acids is 2. The van der Waals surface area contributed by atoms with E-state index in [9.17, 15) is 9.59 Å². The van der Waals surface area contributed by atoms with Crippen LogP contribution in [0.4, 0.5) is 11.4 Å². The van der Waals surface area contributed by atoms with Crippen molar-refractivity contribution in [3.63, 3.8) is 0 Å². The molecule has 1 fully saturated rings. The van der Waals surface area contributed by atoms with Crippen LogP contribution in [0.3, 0.4) is 0 Å². The van der Waals surface area contributed by atoms with Gasteiger partial charge in [0, 0.05) is 40.1 Å². The van der Waals surface area contributed by atoms with Crippen LogP contribution in [0, 0.1) is 0 Å². The van der Waals surface area contributed by atoms with Crippen molar-refractivity contribution in [3.8, 4) is 0 Å². The average molecular weight is 408 g/mol. The minimum Gasteiger partial charge on any atom is -0.379 e. The van der Waals surface area contributed by atoms with Gasteiger partial charge in [-0.2, -0.15) is 0 Å². The standard InChI is InChI=1S/C19H19Cl2N3O3/c20-14-9-13(10-15(21)11-14)19(26)23-17-3-1-16(2-4-17)22-18(25)12-24-5-7-27-8-6-24/h1-4,9-11H,5-8,12H2,(H,22,25)(H,23,26). The Labute approximate surface area is 167 Å². The number of hydrogen-bond donors (Lipinski definition) is 2. The van der Waals surface area contributed by atoms with Crippen molar-refractivity contribution >= 4 is 46.4 Å². The number of nitrogens with one attached hydrogen (secondary N) is 2. The molecule has 1 saturated heterocycles. The zero-order chi connectivity index (χ0) is 19.2. The van der Waals surface area contributed by atoms with E-state index < -0.39 is 0 Å². The number of morpholine rings is 1. The van der Waals surface area contributed by atoms with Crippen LogP contribution in [0.5, 0.6) is 0 Å². The lowest BCUT2D eigenvalue weighted by Crippen LogP contribution is -2.41. The fourth-order valence-electron chi connectivity index (χ4n) is 2.69. The van der Waals surface area contributed by atoms with Gasteiger partial charge in [0.2, 0.25) is 5.91 Å². The van der Waals surface area contributed by atoms with E-state index in [2.05, 4.69) is 10.6 Å². The topological polar surface area (TPSA) is 70.7 Å². The number of ether oxygens (including phenoxy) is 1. The highest BCUT2D eigenvalue weighted by atomic mass is 35.5. The number of hydrogen-bond acceptors (Lipinski definition) is 4. The van der Waals surface area contributed by atoms with Gasteiger partial charge in [0.25, 0.3) is 5.91 Å². The predicted molar refractivity (Wildman–Crippen MR) is 107 cm³/mol. The Morgan fingerprint density at radius 1 is 0.926 bits per heavy atom. The number of amides is 2. The van der Waals surface area contributed by atoms with Crippen LogP contribution in [-0.2, 0) is 9.53 Å². The third kappa shape index (κ3) is 5.94. The average Bonchev–Trinajstić information content (AvgIpc) is 2.63. The molecule has 0 spiro atoms. The van der Waals surface area contributed by atoms with Gasteiger partial charge in [-0.05, 0) is 42.5 Å². The molecule has 0 radical (unpaired) electrons. The molecule has 2 aromatic rings. The van der Waals surface area contributed by atoms with Crippen LogP contribution in [0.15, 0.2) is 42.5 Å². The highest BCUT2D eigenvalue weighted by Crippen LogP contribution is 2.20. The maximum absolute atomic E-state index is 12.3. The first-order valence-corrected chi connectivity index (χ1v) is 9.23. The van der Waals surface area contributed by atoms with Crippen molar-refractivity contribution in [3.05, 3.63) is 58.1 Å². The summed E-state index contributed by atoms with van der Waals surface area (Å²) in [7, 11) is 0. The molecule has 0 aliphatic carbocycles. The molecule has 142 valence electrons. The molecule has 0 unspecified atom stereocenters. The Morgan fingerprint density at radius 3 is 2.07 bits per heavy atom. The Hall–Kier alpha value is -2.12. The van der Waals surface area contributed by atoms with Crippen molar-refractivity contribution in [2.75, 3.05) is 43.5 Å². The lowest BCUT2D eigenvalue weighted by molar-refractivity contribution is -0.118. The molecule has 1 aliphatic rings. The number of rotatable bonds is 5. The molecule has 0 saturated carbocycles. The third-order valence-electron chi connectivity index (χ3n) is 4.02. The monoisotopic (exact) mass is 407 g/mol. The van der Waals surface area contributed by atoms with Gasteiger partial charge < -0.3 is 15.4 Å². The number of halogens is 2. The van der Waals surface area contributed by atoms with Crippen molar-refractivity contribution in [2.24, 2.45) is 0 Å². The summed E-state index contributed by atoms with van der Waals surface area (Å²) in [5.74, 6) is -0.397. The lowest BCUT2D eigenvalue weighted by Gasteiger charge is -2.25. The maximum Gasteiger partial charge on any atom is 0.255 e. The van der Waals surface area contributed by atoms with Crippen molar-refractivity contribution in [1.82, 2.24) is 4.90 Å². The third-order valence-corrected chi connectivity index (χ3v) is 4.46. The molecule has 3 rings (SSSR count). The van der Waals surface area contributed by atoms with E-state index >= 15 is 0 Å². The summed E-state index contributed by atoms with van der Waals surface area (Å²) in [6.07, 6.45) is 0. The number of anilines is 2. The Kier molecular flexibility index (Phi) is 6.68. The molecule has 2 aromatic carbocycles. The largest absolute Gasteiger partial charge is 0.379 e. The summed E-state index contributed by atoms with van der Waals surface area (Å²) in [5.41, 5.74) is 1.63. The van der Waals surface area contributed by atoms with Gasteiger partial charge in [0.05, 0.1) is 19.8 Å². The van der Waals surface area contributed by atoms with Gasteiger partial charge in [0.1, 0.15) is 0 Å². The summed E-state index contributed by atoms with van der Waals surface area (Å²) >= 11 is 11.8. The molecule has 2 amide bonds.